The lowest BCUT2D eigenvalue weighted by Crippen LogP contribution is -2.16. The summed E-state index contributed by atoms with van der Waals surface area (Å²) in [4.78, 5) is 4.25. The topological polar surface area (TPSA) is 48.1 Å². The zero-order valence-electron chi connectivity index (χ0n) is 10.5. The van der Waals surface area contributed by atoms with Gasteiger partial charge in [0.05, 0.1) is 12.3 Å². The number of halogens is 3. The Morgan fingerprint density at radius 1 is 1.20 bits per heavy atom. The van der Waals surface area contributed by atoms with E-state index in [0.29, 0.717) is 11.6 Å². The van der Waals surface area contributed by atoms with E-state index in [1.54, 1.807) is 5.38 Å². The lowest BCUT2D eigenvalue weighted by atomic mass is 10.1. The standard InChI is InChI=1S/C13H13F3N2OS/c14-13(15,16)8-19-6-12-18-11(7-20-12)10-3-1-9(5-17)2-4-10/h1-4,7H,5-6,8,17H2. The minimum Gasteiger partial charge on any atom is -0.365 e. The van der Waals surface area contributed by atoms with E-state index in [4.69, 9.17) is 5.73 Å². The summed E-state index contributed by atoms with van der Waals surface area (Å²) in [6.07, 6.45) is -4.31. The first-order chi connectivity index (χ1) is 9.48. The highest BCUT2D eigenvalue weighted by Crippen LogP contribution is 2.23. The van der Waals surface area contributed by atoms with Gasteiger partial charge in [-0.05, 0) is 5.56 Å². The molecule has 7 heteroatoms. The maximum Gasteiger partial charge on any atom is 0.411 e. The number of hydrogen-bond donors (Lipinski definition) is 1. The number of hydrogen-bond acceptors (Lipinski definition) is 4. The second-order valence-corrected chi connectivity index (χ2v) is 5.08. The molecule has 0 aliphatic heterocycles. The Kier molecular flexibility index (Phi) is 4.74. The number of ether oxygens (including phenoxy) is 1. The molecule has 0 radical (unpaired) electrons. The molecule has 0 saturated carbocycles. The fourth-order valence-corrected chi connectivity index (χ4v) is 2.31. The second-order valence-electron chi connectivity index (χ2n) is 4.14. The quantitative estimate of drug-likeness (QED) is 0.921. The van der Waals surface area contributed by atoms with E-state index in [0.717, 1.165) is 16.8 Å². The molecule has 0 saturated heterocycles. The summed E-state index contributed by atoms with van der Waals surface area (Å²) in [5, 5.41) is 2.32. The summed E-state index contributed by atoms with van der Waals surface area (Å²) in [6.45, 7) is -0.925. The van der Waals surface area contributed by atoms with E-state index in [1.165, 1.54) is 11.3 Å². The number of thiazole rings is 1. The van der Waals surface area contributed by atoms with E-state index in [1.807, 2.05) is 24.3 Å². The summed E-state index contributed by atoms with van der Waals surface area (Å²) in [6, 6.07) is 7.57. The molecule has 3 nitrogen and oxygen atoms in total. The molecule has 0 aliphatic carbocycles. The van der Waals surface area contributed by atoms with Crippen LogP contribution in [0.3, 0.4) is 0 Å². The predicted molar refractivity (Wildman–Crippen MR) is 71.2 cm³/mol. The van der Waals surface area contributed by atoms with Crippen LogP contribution in [0, 0.1) is 0 Å². The molecule has 2 aromatic rings. The average Bonchev–Trinajstić information content (AvgIpc) is 2.86. The minimum absolute atomic E-state index is 0.134. The van der Waals surface area contributed by atoms with Crippen LogP contribution in [0.25, 0.3) is 11.3 Å². The van der Waals surface area contributed by atoms with Crippen molar-refractivity contribution in [3.8, 4) is 11.3 Å². The molecular formula is C13H13F3N2OS. The molecule has 1 heterocycles. The number of rotatable bonds is 5. The van der Waals surface area contributed by atoms with Crippen LogP contribution >= 0.6 is 11.3 Å². The molecule has 1 aromatic carbocycles. The van der Waals surface area contributed by atoms with Crippen molar-refractivity contribution in [1.82, 2.24) is 4.98 Å². The van der Waals surface area contributed by atoms with Gasteiger partial charge < -0.3 is 10.5 Å². The third-order valence-electron chi connectivity index (χ3n) is 2.53. The third-order valence-corrected chi connectivity index (χ3v) is 3.35. The van der Waals surface area contributed by atoms with Crippen molar-refractivity contribution in [3.63, 3.8) is 0 Å². The third kappa shape index (κ3) is 4.29. The van der Waals surface area contributed by atoms with Crippen LogP contribution in [0.1, 0.15) is 10.6 Å². The van der Waals surface area contributed by atoms with Gasteiger partial charge in [-0.3, -0.25) is 0 Å². The van der Waals surface area contributed by atoms with Crippen molar-refractivity contribution in [2.45, 2.75) is 19.3 Å². The van der Waals surface area contributed by atoms with Crippen LogP contribution < -0.4 is 5.73 Å². The van der Waals surface area contributed by atoms with Gasteiger partial charge in [0.15, 0.2) is 0 Å². The Hall–Kier alpha value is -1.44. The Morgan fingerprint density at radius 2 is 1.90 bits per heavy atom. The molecular weight excluding hydrogens is 289 g/mol. The number of nitrogens with zero attached hydrogens (tertiary/aromatic N) is 1. The van der Waals surface area contributed by atoms with Gasteiger partial charge in [-0.2, -0.15) is 13.2 Å². The van der Waals surface area contributed by atoms with Crippen LogP contribution in [-0.2, 0) is 17.9 Å². The number of nitrogens with two attached hydrogens (primary N) is 1. The molecule has 2 N–H and O–H groups in total. The summed E-state index contributed by atoms with van der Waals surface area (Å²) in [5.74, 6) is 0. The molecule has 108 valence electrons. The molecule has 0 aliphatic rings. The van der Waals surface area contributed by atoms with Gasteiger partial charge in [0.2, 0.25) is 0 Å². The first kappa shape index (κ1) is 15.0. The van der Waals surface area contributed by atoms with E-state index in [9.17, 15) is 13.2 Å². The van der Waals surface area contributed by atoms with Crippen LogP contribution in [0.4, 0.5) is 13.2 Å². The Labute approximate surface area is 118 Å². The largest absolute Gasteiger partial charge is 0.411 e. The first-order valence-electron chi connectivity index (χ1n) is 5.86. The van der Waals surface area contributed by atoms with Crippen molar-refractivity contribution < 1.29 is 17.9 Å². The number of alkyl halides is 3. The molecule has 20 heavy (non-hydrogen) atoms. The van der Waals surface area contributed by atoms with Gasteiger partial charge in [0.25, 0.3) is 0 Å². The minimum atomic E-state index is -4.31. The predicted octanol–water partition coefficient (Wildman–Crippen LogP) is 3.35. The van der Waals surface area contributed by atoms with Crippen LogP contribution in [0.2, 0.25) is 0 Å². The van der Waals surface area contributed by atoms with Crippen molar-refractivity contribution in [1.29, 1.82) is 0 Å². The van der Waals surface area contributed by atoms with Crippen LogP contribution in [-0.4, -0.2) is 17.8 Å². The summed E-state index contributed by atoms with van der Waals surface area (Å²) >= 11 is 1.28. The lowest BCUT2D eigenvalue weighted by Gasteiger charge is -2.05. The van der Waals surface area contributed by atoms with Gasteiger partial charge in [-0.1, -0.05) is 24.3 Å². The maximum absolute atomic E-state index is 11.9. The second kappa shape index (κ2) is 6.34. The smallest absolute Gasteiger partial charge is 0.365 e. The van der Waals surface area contributed by atoms with Crippen molar-refractivity contribution >= 4 is 11.3 Å². The molecule has 0 amide bonds. The van der Waals surface area contributed by atoms with E-state index >= 15 is 0 Å². The van der Waals surface area contributed by atoms with Gasteiger partial charge >= 0.3 is 6.18 Å². The molecule has 0 spiro atoms. The van der Waals surface area contributed by atoms with Gasteiger partial charge in [-0.15, -0.1) is 11.3 Å². The SMILES string of the molecule is NCc1ccc(-c2csc(COCC(F)(F)F)n2)cc1. The van der Waals surface area contributed by atoms with Gasteiger partial charge in [-0.25, -0.2) is 4.98 Å². The van der Waals surface area contributed by atoms with Crippen molar-refractivity contribution in [2.75, 3.05) is 6.61 Å². The van der Waals surface area contributed by atoms with Gasteiger partial charge in [0.1, 0.15) is 11.6 Å². The first-order valence-corrected chi connectivity index (χ1v) is 6.74. The lowest BCUT2D eigenvalue weighted by molar-refractivity contribution is -0.176. The highest BCUT2D eigenvalue weighted by Gasteiger charge is 2.27. The van der Waals surface area contributed by atoms with Crippen molar-refractivity contribution in [3.05, 3.63) is 40.2 Å². The van der Waals surface area contributed by atoms with Crippen LogP contribution in [0.5, 0.6) is 0 Å². The molecule has 0 unspecified atom stereocenters. The summed E-state index contributed by atoms with van der Waals surface area (Å²) < 4.78 is 40.4. The normalized spacial score (nSPS) is 11.8. The van der Waals surface area contributed by atoms with Gasteiger partial charge in [0, 0.05) is 17.5 Å². The summed E-state index contributed by atoms with van der Waals surface area (Å²) in [7, 11) is 0. The Morgan fingerprint density at radius 3 is 2.50 bits per heavy atom. The molecule has 0 atom stereocenters. The fraction of sp³-hybridized carbons (Fsp3) is 0.308. The number of benzene rings is 1. The fourth-order valence-electron chi connectivity index (χ4n) is 1.58. The highest BCUT2D eigenvalue weighted by molar-refractivity contribution is 7.09. The monoisotopic (exact) mass is 302 g/mol. The zero-order valence-corrected chi connectivity index (χ0v) is 11.3. The zero-order chi connectivity index (χ0) is 14.6. The molecule has 2 rings (SSSR count). The van der Waals surface area contributed by atoms with E-state index in [2.05, 4.69) is 9.72 Å². The maximum atomic E-state index is 11.9. The number of aromatic nitrogens is 1. The molecule has 0 fully saturated rings. The molecule has 0 bridgehead atoms. The van der Waals surface area contributed by atoms with E-state index < -0.39 is 12.8 Å². The van der Waals surface area contributed by atoms with Crippen LogP contribution in [0.15, 0.2) is 29.6 Å². The summed E-state index contributed by atoms with van der Waals surface area (Å²) in [5.41, 5.74) is 8.15. The Bertz CT molecular complexity index is 551. The Balaban J connectivity index is 1.97. The van der Waals surface area contributed by atoms with E-state index in [-0.39, 0.29) is 6.61 Å². The average molecular weight is 302 g/mol. The van der Waals surface area contributed by atoms with Crippen molar-refractivity contribution in [2.24, 2.45) is 5.73 Å². The highest BCUT2D eigenvalue weighted by atomic mass is 32.1. The molecule has 1 aromatic heterocycles.